The quantitative estimate of drug-likeness (QED) is 0.839. The fraction of sp³-hybridized carbons (Fsp3) is 0.500. The molecule has 132 valence electrons. The first-order valence-corrected chi connectivity index (χ1v) is 10.0. The van der Waals surface area contributed by atoms with Crippen LogP contribution in [0, 0.1) is 12.3 Å². The Bertz CT molecular complexity index is 740. The van der Waals surface area contributed by atoms with Crippen molar-refractivity contribution in [3.8, 4) is 0 Å². The molecule has 3 heterocycles. The van der Waals surface area contributed by atoms with Crippen molar-refractivity contribution in [2.75, 3.05) is 24.5 Å². The lowest BCUT2D eigenvalue weighted by Crippen LogP contribution is -2.56. The van der Waals surface area contributed by atoms with Crippen molar-refractivity contribution in [2.24, 2.45) is 5.41 Å². The topological polar surface area (TPSA) is 36.4 Å². The van der Waals surface area contributed by atoms with Crippen molar-refractivity contribution in [3.63, 3.8) is 0 Å². The number of rotatable bonds is 3. The number of para-hydroxylation sites is 1. The van der Waals surface area contributed by atoms with Crippen LogP contribution in [0.5, 0.6) is 0 Å². The molecule has 1 spiro atoms. The van der Waals surface area contributed by atoms with Crippen LogP contribution >= 0.6 is 11.3 Å². The first-order chi connectivity index (χ1) is 12.2. The molecule has 0 bridgehead atoms. The first kappa shape index (κ1) is 16.7. The number of carbonyl (C=O) groups is 1. The smallest absolute Gasteiger partial charge is 0.234 e. The minimum atomic E-state index is -0.203. The standard InChI is InChI=1S/C20H25N3OS/c1-16-18(25-15-21-16)13-22-11-5-9-20(14-22)10-6-12-23(19(20)24)17-7-3-2-4-8-17/h2-4,7-8,15H,5-6,9-14H2,1H3. The summed E-state index contributed by atoms with van der Waals surface area (Å²) in [6.45, 7) is 5.81. The van der Waals surface area contributed by atoms with Gasteiger partial charge in [-0.3, -0.25) is 9.69 Å². The molecule has 0 N–H and O–H groups in total. The van der Waals surface area contributed by atoms with Crippen LogP contribution in [0.15, 0.2) is 35.8 Å². The number of hydrogen-bond donors (Lipinski definition) is 0. The van der Waals surface area contributed by atoms with Gasteiger partial charge in [0.2, 0.25) is 5.91 Å². The maximum atomic E-state index is 13.4. The van der Waals surface area contributed by atoms with Gasteiger partial charge in [0.05, 0.1) is 16.6 Å². The Hall–Kier alpha value is -1.72. The maximum absolute atomic E-state index is 13.4. The molecule has 4 rings (SSSR count). The third-order valence-corrected chi connectivity index (χ3v) is 6.59. The summed E-state index contributed by atoms with van der Waals surface area (Å²) in [5.74, 6) is 0.329. The minimum Gasteiger partial charge on any atom is -0.312 e. The highest BCUT2D eigenvalue weighted by molar-refractivity contribution is 7.09. The molecule has 1 unspecified atom stereocenters. The number of nitrogens with zero attached hydrogens (tertiary/aromatic N) is 3. The Morgan fingerprint density at radius 1 is 1.16 bits per heavy atom. The Morgan fingerprint density at radius 3 is 2.64 bits per heavy atom. The third-order valence-electron chi connectivity index (χ3n) is 5.67. The average Bonchev–Trinajstić information content (AvgIpc) is 3.03. The highest BCUT2D eigenvalue weighted by atomic mass is 32.1. The van der Waals surface area contributed by atoms with Gasteiger partial charge >= 0.3 is 0 Å². The van der Waals surface area contributed by atoms with Crippen molar-refractivity contribution in [3.05, 3.63) is 46.4 Å². The third kappa shape index (κ3) is 3.23. The van der Waals surface area contributed by atoms with Crippen molar-refractivity contribution >= 4 is 22.9 Å². The normalized spacial score (nSPS) is 24.8. The summed E-state index contributed by atoms with van der Waals surface area (Å²) in [4.78, 5) is 23.6. The number of thiazole rings is 1. The molecular weight excluding hydrogens is 330 g/mol. The van der Waals surface area contributed by atoms with Gasteiger partial charge in [0.25, 0.3) is 0 Å². The van der Waals surface area contributed by atoms with Crippen LogP contribution in [0.4, 0.5) is 5.69 Å². The summed E-state index contributed by atoms with van der Waals surface area (Å²) in [6, 6.07) is 10.1. The molecule has 1 aromatic carbocycles. The van der Waals surface area contributed by atoms with E-state index in [1.807, 2.05) is 28.6 Å². The number of aryl methyl sites for hydroxylation is 1. The van der Waals surface area contributed by atoms with Crippen molar-refractivity contribution < 1.29 is 4.79 Å². The van der Waals surface area contributed by atoms with E-state index in [4.69, 9.17) is 0 Å². The molecule has 0 saturated carbocycles. The van der Waals surface area contributed by atoms with E-state index >= 15 is 0 Å². The van der Waals surface area contributed by atoms with Crippen LogP contribution in [0.3, 0.4) is 0 Å². The minimum absolute atomic E-state index is 0.203. The highest BCUT2D eigenvalue weighted by Crippen LogP contribution is 2.41. The second-order valence-electron chi connectivity index (χ2n) is 7.35. The lowest BCUT2D eigenvalue weighted by atomic mass is 9.72. The summed E-state index contributed by atoms with van der Waals surface area (Å²) in [5, 5.41) is 0. The summed E-state index contributed by atoms with van der Waals surface area (Å²) < 4.78 is 0. The van der Waals surface area contributed by atoms with E-state index in [9.17, 15) is 4.79 Å². The van der Waals surface area contributed by atoms with Crippen LogP contribution in [-0.2, 0) is 11.3 Å². The van der Waals surface area contributed by atoms with Crippen LogP contribution in [-0.4, -0.2) is 35.4 Å². The van der Waals surface area contributed by atoms with Crippen molar-refractivity contribution in [1.82, 2.24) is 9.88 Å². The number of hydrogen-bond acceptors (Lipinski definition) is 4. The molecule has 1 atom stereocenters. The van der Waals surface area contributed by atoms with Gasteiger partial charge in [0.1, 0.15) is 0 Å². The summed E-state index contributed by atoms with van der Waals surface area (Å²) >= 11 is 1.73. The van der Waals surface area contributed by atoms with Crippen LogP contribution in [0.1, 0.15) is 36.3 Å². The van der Waals surface area contributed by atoms with E-state index in [0.717, 1.165) is 63.2 Å². The number of benzene rings is 1. The number of piperidine rings is 2. The van der Waals surface area contributed by atoms with Gasteiger partial charge in [0.15, 0.2) is 0 Å². The first-order valence-electron chi connectivity index (χ1n) is 9.16. The Morgan fingerprint density at radius 2 is 1.92 bits per heavy atom. The second-order valence-corrected chi connectivity index (χ2v) is 8.29. The fourth-order valence-corrected chi connectivity index (χ4v) is 5.16. The predicted molar refractivity (Wildman–Crippen MR) is 102 cm³/mol. The molecule has 2 aliphatic rings. The Labute approximate surface area is 153 Å². The Kier molecular flexibility index (Phi) is 4.61. The van der Waals surface area contributed by atoms with Crippen LogP contribution < -0.4 is 4.90 Å². The maximum Gasteiger partial charge on any atom is 0.234 e. The zero-order valence-electron chi connectivity index (χ0n) is 14.8. The fourth-order valence-electron chi connectivity index (χ4n) is 4.35. The molecule has 0 aliphatic carbocycles. The summed E-state index contributed by atoms with van der Waals surface area (Å²) in [7, 11) is 0. The molecule has 2 saturated heterocycles. The van der Waals surface area contributed by atoms with Crippen molar-refractivity contribution in [2.45, 2.75) is 39.2 Å². The molecule has 2 fully saturated rings. The van der Waals surface area contributed by atoms with Crippen molar-refractivity contribution in [1.29, 1.82) is 0 Å². The van der Waals surface area contributed by atoms with E-state index in [1.165, 1.54) is 4.88 Å². The highest BCUT2D eigenvalue weighted by Gasteiger charge is 2.46. The van der Waals surface area contributed by atoms with Gasteiger partial charge in [0, 0.05) is 30.2 Å². The van der Waals surface area contributed by atoms with E-state index in [-0.39, 0.29) is 5.41 Å². The average molecular weight is 356 g/mol. The van der Waals surface area contributed by atoms with Crippen LogP contribution in [0.2, 0.25) is 0 Å². The SMILES string of the molecule is Cc1ncsc1CN1CCCC2(CCCN(c3ccccc3)C2=O)C1. The van der Waals surface area contributed by atoms with Gasteiger partial charge in [-0.05, 0) is 51.3 Å². The van der Waals surface area contributed by atoms with Crippen LogP contribution in [0.25, 0.3) is 0 Å². The monoisotopic (exact) mass is 355 g/mol. The molecule has 5 heteroatoms. The number of aromatic nitrogens is 1. The second kappa shape index (κ2) is 6.89. The van der Waals surface area contributed by atoms with Gasteiger partial charge in [-0.25, -0.2) is 4.98 Å². The van der Waals surface area contributed by atoms with Gasteiger partial charge < -0.3 is 4.90 Å². The number of likely N-dealkylation sites (tertiary alicyclic amines) is 1. The Balaban J connectivity index is 1.53. The molecule has 2 aliphatic heterocycles. The van der Waals surface area contributed by atoms with Gasteiger partial charge in [-0.15, -0.1) is 11.3 Å². The molecular formula is C20H25N3OS. The molecule has 25 heavy (non-hydrogen) atoms. The van der Waals surface area contributed by atoms with E-state index in [1.54, 1.807) is 11.3 Å². The lowest BCUT2D eigenvalue weighted by molar-refractivity contribution is -0.134. The van der Waals surface area contributed by atoms with E-state index in [2.05, 4.69) is 28.9 Å². The van der Waals surface area contributed by atoms with Gasteiger partial charge in [-0.1, -0.05) is 18.2 Å². The lowest BCUT2D eigenvalue weighted by Gasteiger charge is -2.47. The zero-order valence-corrected chi connectivity index (χ0v) is 15.6. The van der Waals surface area contributed by atoms with E-state index < -0.39 is 0 Å². The summed E-state index contributed by atoms with van der Waals surface area (Å²) in [6.07, 6.45) is 4.24. The van der Waals surface area contributed by atoms with Gasteiger partial charge in [-0.2, -0.15) is 0 Å². The molecule has 1 aromatic heterocycles. The number of anilines is 1. The molecule has 1 amide bonds. The van der Waals surface area contributed by atoms with E-state index in [0.29, 0.717) is 5.91 Å². The predicted octanol–water partition coefficient (Wildman–Crippen LogP) is 3.86. The zero-order chi connectivity index (χ0) is 17.3. The number of amides is 1. The molecule has 2 aromatic rings. The molecule has 0 radical (unpaired) electrons. The summed E-state index contributed by atoms with van der Waals surface area (Å²) in [5.41, 5.74) is 3.89. The molecule has 4 nitrogen and oxygen atoms in total. The largest absolute Gasteiger partial charge is 0.312 e. The number of carbonyl (C=O) groups excluding carboxylic acids is 1.